The Morgan fingerprint density at radius 3 is 2.76 bits per heavy atom. The average molecular weight is 289 g/mol. The molecule has 0 spiro atoms. The van der Waals surface area contributed by atoms with E-state index in [4.69, 9.17) is 5.73 Å². The zero-order valence-corrected chi connectivity index (χ0v) is 11.5. The van der Waals surface area contributed by atoms with Gasteiger partial charge in [-0.25, -0.2) is 4.98 Å². The molecule has 1 aromatic heterocycles. The van der Waals surface area contributed by atoms with Crippen LogP contribution in [0.25, 0.3) is 10.9 Å². The minimum Gasteiger partial charge on any atom is -0.456 e. The van der Waals surface area contributed by atoms with E-state index >= 15 is 0 Å². The smallest absolute Gasteiger partial charge is 0.306 e. The van der Waals surface area contributed by atoms with Crippen LogP contribution in [0, 0.1) is 0 Å². The van der Waals surface area contributed by atoms with E-state index in [1.54, 1.807) is 31.3 Å². The van der Waals surface area contributed by atoms with Crippen LogP contribution in [0.5, 0.6) is 0 Å². The van der Waals surface area contributed by atoms with E-state index in [2.05, 4.69) is 9.72 Å². The largest absolute Gasteiger partial charge is 0.456 e. The lowest BCUT2D eigenvalue weighted by molar-refractivity contribution is -0.147. The molecular formula is C14H15N3O4. The Kier molecular flexibility index (Phi) is 4.32. The van der Waals surface area contributed by atoms with Crippen LogP contribution in [0.3, 0.4) is 0 Å². The number of nitrogens with zero attached hydrogens (tertiary/aromatic N) is 2. The fourth-order valence-corrected chi connectivity index (χ4v) is 1.93. The summed E-state index contributed by atoms with van der Waals surface area (Å²) in [4.78, 5) is 38.5. The van der Waals surface area contributed by atoms with Gasteiger partial charge in [0, 0.05) is 13.5 Å². The molecule has 0 aliphatic heterocycles. The number of amides is 1. The molecule has 1 aromatic carbocycles. The number of benzene rings is 1. The number of rotatable bonds is 5. The second kappa shape index (κ2) is 6.17. The highest BCUT2D eigenvalue weighted by atomic mass is 16.5. The van der Waals surface area contributed by atoms with Crippen molar-refractivity contribution in [1.29, 1.82) is 0 Å². The predicted octanol–water partition coefficient (Wildman–Crippen LogP) is -0.105. The zero-order valence-electron chi connectivity index (χ0n) is 11.5. The standard InChI is InChI=1S/C14H15N3O4/c1-17-12(6-7-13(19)21-8-11(15)18)16-10-5-3-2-4-9(10)14(17)20/h2-5H,6-8H2,1H3,(H2,15,18). The molecule has 21 heavy (non-hydrogen) atoms. The Hall–Kier alpha value is -2.70. The molecule has 2 aromatic rings. The third-order valence-corrected chi connectivity index (χ3v) is 3.00. The molecule has 0 bridgehead atoms. The number of carbonyl (C=O) groups is 2. The average Bonchev–Trinajstić information content (AvgIpc) is 2.47. The van der Waals surface area contributed by atoms with E-state index in [1.165, 1.54) is 4.57 Å². The summed E-state index contributed by atoms with van der Waals surface area (Å²) in [5.74, 6) is -0.787. The Balaban J connectivity index is 2.16. The highest BCUT2D eigenvalue weighted by Crippen LogP contribution is 2.08. The van der Waals surface area contributed by atoms with E-state index in [0.717, 1.165) is 0 Å². The van der Waals surface area contributed by atoms with Crippen molar-refractivity contribution in [3.63, 3.8) is 0 Å². The molecule has 1 amide bonds. The van der Waals surface area contributed by atoms with Gasteiger partial charge in [-0.1, -0.05) is 12.1 Å². The maximum absolute atomic E-state index is 12.2. The van der Waals surface area contributed by atoms with Gasteiger partial charge >= 0.3 is 5.97 Å². The first-order valence-corrected chi connectivity index (χ1v) is 6.37. The molecule has 0 saturated carbocycles. The highest BCUT2D eigenvalue weighted by Gasteiger charge is 2.11. The molecule has 2 rings (SSSR count). The van der Waals surface area contributed by atoms with E-state index in [1.807, 2.05) is 0 Å². The van der Waals surface area contributed by atoms with E-state index < -0.39 is 18.5 Å². The minimum atomic E-state index is -0.709. The summed E-state index contributed by atoms with van der Waals surface area (Å²) < 4.78 is 6.06. The first-order chi connectivity index (χ1) is 9.99. The van der Waals surface area contributed by atoms with Crippen molar-refractivity contribution in [3.05, 3.63) is 40.4 Å². The van der Waals surface area contributed by atoms with E-state index in [0.29, 0.717) is 16.7 Å². The lowest BCUT2D eigenvalue weighted by Crippen LogP contribution is -2.24. The topological polar surface area (TPSA) is 104 Å². The van der Waals surface area contributed by atoms with Gasteiger partial charge in [0.25, 0.3) is 11.5 Å². The van der Waals surface area contributed by atoms with Crippen molar-refractivity contribution in [2.45, 2.75) is 12.8 Å². The monoisotopic (exact) mass is 289 g/mol. The number of aromatic nitrogens is 2. The van der Waals surface area contributed by atoms with Crippen LogP contribution in [0.15, 0.2) is 29.1 Å². The number of ether oxygens (including phenoxy) is 1. The molecule has 0 fully saturated rings. The molecule has 110 valence electrons. The molecular weight excluding hydrogens is 274 g/mol. The van der Waals surface area contributed by atoms with Crippen molar-refractivity contribution in [2.75, 3.05) is 6.61 Å². The number of primary amides is 1. The number of para-hydroxylation sites is 1. The Morgan fingerprint density at radius 1 is 1.33 bits per heavy atom. The van der Waals surface area contributed by atoms with E-state index in [-0.39, 0.29) is 18.4 Å². The summed E-state index contributed by atoms with van der Waals surface area (Å²) in [5, 5.41) is 0.528. The fourth-order valence-electron chi connectivity index (χ4n) is 1.93. The van der Waals surface area contributed by atoms with Crippen LogP contribution in [0.2, 0.25) is 0 Å². The molecule has 0 atom stereocenters. The summed E-state index contributed by atoms with van der Waals surface area (Å²) in [7, 11) is 1.60. The van der Waals surface area contributed by atoms with Crippen molar-refractivity contribution in [2.24, 2.45) is 12.8 Å². The SMILES string of the molecule is Cn1c(CCC(=O)OCC(N)=O)nc2ccccc2c1=O. The number of hydrogen-bond acceptors (Lipinski definition) is 5. The number of carbonyl (C=O) groups excluding carboxylic acids is 2. The molecule has 0 unspecified atom stereocenters. The molecule has 7 nitrogen and oxygen atoms in total. The molecule has 1 heterocycles. The predicted molar refractivity (Wildman–Crippen MR) is 75.5 cm³/mol. The van der Waals surface area contributed by atoms with E-state index in [9.17, 15) is 14.4 Å². The maximum atomic E-state index is 12.2. The molecule has 7 heteroatoms. The van der Waals surface area contributed by atoms with Crippen LogP contribution >= 0.6 is 0 Å². The summed E-state index contributed by atoms with van der Waals surface area (Å²) >= 11 is 0. The van der Waals surface area contributed by atoms with Gasteiger partial charge in [0.05, 0.1) is 17.3 Å². The van der Waals surface area contributed by atoms with Crippen LogP contribution in [0.1, 0.15) is 12.2 Å². The van der Waals surface area contributed by atoms with Gasteiger partial charge in [0.15, 0.2) is 6.61 Å². The molecule has 0 aliphatic rings. The highest BCUT2D eigenvalue weighted by molar-refractivity contribution is 5.79. The summed E-state index contributed by atoms with van der Waals surface area (Å²) in [6, 6.07) is 7.01. The summed E-state index contributed by atoms with van der Waals surface area (Å²) in [5.41, 5.74) is 5.30. The first kappa shape index (κ1) is 14.7. The quantitative estimate of drug-likeness (QED) is 0.774. The number of esters is 1. The normalized spacial score (nSPS) is 10.5. The van der Waals surface area contributed by atoms with Gasteiger partial charge in [-0.2, -0.15) is 0 Å². The second-order valence-electron chi connectivity index (χ2n) is 4.54. The van der Waals surface area contributed by atoms with Crippen molar-refractivity contribution < 1.29 is 14.3 Å². The number of fused-ring (bicyclic) bond motifs is 1. The van der Waals surface area contributed by atoms with Gasteiger partial charge in [0.1, 0.15) is 5.82 Å². The molecule has 2 N–H and O–H groups in total. The third kappa shape index (κ3) is 3.44. The number of aryl methyl sites for hydroxylation is 1. The Labute approximate surface area is 120 Å². The van der Waals surface area contributed by atoms with Crippen molar-refractivity contribution >= 4 is 22.8 Å². The maximum Gasteiger partial charge on any atom is 0.306 e. The van der Waals surface area contributed by atoms with Gasteiger partial charge < -0.3 is 10.5 Å². The van der Waals surface area contributed by atoms with Crippen LogP contribution in [0.4, 0.5) is 0 Å². The van der Waals surface area contributed by atoms with Gasteiger partial charge in [-0.05, 0) is 12.1 Å². The van der Waals surface area contributed by atoms with Gasteiger partial charge in [-0.15, -0.1) is 0 Å². The lowest BCUT2D eigenvalue weighted by Gasteiger charge is -2.08. The lowest BCUT2D eigenvalue weighted by atomic mass is 10.2. The zero-order chi connectivity index (χ0) is 15.4. The van der Waals surface area contributed by atoms with Crippen molar-refractivity contribution in [3.8, 4) is 0 Å². The summed E-state index contributed by atoms with van der Waals surface area (Å²) in [6.45, 7) is -0.442. The van der Waals surface area contributed by atoms with Crippen LogP contribution in [-0.2, 0) is 27.8 Å². The van der Waals surface area contributed by atoms with Gasteiger partial charge in [-0.3, -0.25) is 19.0 Å². The Morgan fingerprint density at radius 2 is 2.05 bits per heavy atom. The van der Waals surface area contributed by atoms with Crippen LogP contribution < -0.4 is 11.3 Å². The molecule has 0 aliphatic carbocycles. The first-order valence-electron chi connectivity index (χ1n) is 6.37. The number of hydrogen-bond donors (Lipinski definition) is 1. The summed E-state index contributed by atoms with van der Waals surface area (Å²) in [6.07, 6.45) is 0.264. The second-order valence-corrected chi connectivity index (χ2v) is 4.54. The molecule has 0 saturated heterocycles. The minimum absolute atomic E-state index is 0.0197. The molecule has 0 radical (unpaired) electrons. The fraction of sp³-hybridized carbons (Fsp3) is 0.286. The Bertz CT molecular complexity index is 751. The number of nitrogens with two attached hydrogens (primary N) is 1. The third-order valence-electron chi connectivity index (χ3n) is 3.00. The van der Waals surface area contributed by atoms with Crippen LogP contribution in [-0.4, -0.2) is 28.0 Å². The van der Waals surface area contributed by atoms with Gasteiger partial charge in [0.2, 0.25) is 0 Å². The van der Waals surface area contributed by atoms with Crippen molar-refractivity contribution in [1.82, 2.24) is 9.55 Å².